The van der Waals surface area contributed by atoms with Crippen molar-refractivity contribution in [2.75, 3.05) is 6.54 Å². The van der Waals surface area contributed by atoms with Crippen molar-refractivity contribution in [3.8, 4) is 11.8 Å². The monoisotopic (exact) mass is 245 g/mol. The number of imidazole rings is 1. The standard InChI is InChI=1S/C13H15N3S/c1-2-13-15-6-7-16(13)9-12-8-11(10-17-12)4-3-5-14/h6-8,10H,2,5,9,14H2,1H3. The van der Waals surface area contributed by atoms with Gasteiger partial charge >= 0.3 is 0 Å². The van der Waals surface area contributed by atoms with Crippen LogP contribution in [-0.2, 0) is 13.0 Å². The Kier molecular flexibility index (Phi) is 3.97. The molecule has 17 heavy (non-hydrogen) atoms. The lowest BCUT2D eigenvalue weighted by Crippen LogP contribution is -2.01. The zero-order valence-electron chi connectivity index (χ0n) is 9.81. The smallest absolute Gasteiger partial charge is 0.108 e. The Balaban J connectivity index is 2.11. The molecule has 2 N–H and O–H groups in total. The minimum atomic E-state index is 0.409. The average Bonchev–Trinajstić information content (AvgIpc) is 2.96. The van der Waals surface area contributed by atoms with Crippen LogP contribution in [0.2, 0.25) is 0 Å². The van der Waals surface area contributed by atoms with Crippen molar-refractivity contribution in [3.05, 3.63) is 40.1 Å². The number of nitrogens with zero attached hydrogens (tertiary/aromatic N) is 2. The first-order valence-corrected chi connectivity index (χ1v) is 6.47. The van der Waals surface area contributed by atoms with Crippen LogP contribution in [0.3, 0.4) is 0 Å². The van der Waals surface area contributed by atoms with Crippen LogP contribution in [-0.4, -0.2) is 16.1 Å². The number of hydrogen-bond donors (Lipinski definition) is 1. The van der Waals surface area contributed by atoms with E-state index in [0.29, 0.717) is 6.54 Å². The molecule has 4 heteroatoms. The highest BCUT2D eigenvalue weighted by Crippen LogP contribution is 2.16. The number of aryl methyl sites for hydroxylation is 1. The second kappa shape index (κ2) is 5.67. The molecule has 0 amide bonds. The van der Waals surface area contributed by atoms with Crippen molar-refractivity contribution in [1.29, 1.82) is 0 Å². The molecule has 0 aliphatic carbocycles. The molecule has 2 heterocycles. The maximum Gasteiger partial charge on any atom is 0.108 e. The third kappa shape index (κ3) is 2.96. The van der Waals surface area contributed by atoms with E-state index in [4.69, 9.17) is 5.73 Å². The topological polar surface area (TPSA) is 43.8 Å². The quantitative estimate of drug-likeness (QED) is 0.839. The van der Waals surface area contributed by atoms with Gasteiger partial charge in [0.25, 0.3) is 0 Å². The Labute approximate surface area is 105 Å². The van der Waals surface area contributed by atoms with Crippen molar-refractivity contribution in [3.63, 3.8) is 0 Å². The summed E-state index contributed by atoms with van der Waals surface area (Å²) in [6, 6.07) is 2.12. The molecule has 0 unspecified atom stereocenters. The highest BCUT2D eigenvalue weighted by molar-refractivity contribution is 7.10. The fraction of sp³-hybridized carbons (Fsp3) is 0.308. The number of aromatic nitrogens is 2. The lowest BCUT2D eigenvalue weighted by atomic mass is 10.3. The molecule has 2 aromatic rings. The summed E-state index contributed by atoms with van der Waals surface area (Å²) in [5, 5.41) is 2.07. The zero-order valence-corrected chi connectivity index (χ0v) is 10.6. The second-order valence-corrected chi connectivity index (χ2v) is 4.63. The van der Waals surface area contributed by atoms with Crippen LogP contribution in [0.25, 0.3) is 0 Å². The summed E-state index contributed by atoms with van der Waals surface area (Å²) in [6.07, 6.45) is 4.82. The lowest BCUT2D eigenvalue weighted by molar-refractivity contribution is 0.740. The molecule has 0 saturated heterocycles. The van der Waals surface area contributed by atoms with Crippen molar-refractivity contribution in [1.82, 2.24) is 9.55 Å². The van der Waals surface area contributed by atoms with Crippen LogP contribution in [0, 0.1) is 11.8 Å². The Morgan fingerprint density at radius 1 is 1.53 bits per heavy atom. The second-order valence-electron chi connectivity index (χ2n) is 3.63. The summed E-state index contributed by atoms with van der Waals surface area (Å²) in [6.45, 7) is 3.40. The molecule has 88 valence electrons. The molecule has 0 radical (unpaired) electrons. The largest absolute Gasteiger partial charge is 0.330 e. The van der Waals surface area contributed by atoms with Crippen molar-refractivity contribution < 1.29 is 0 Å². The summed E-state index contributed by atoms with van der Waals surface area (Å²) in [5.41, 5.74) is 6.40. The molecule has 3 nitrogen and oxygen atoms in total. The molecule has 0 bridgehead atoms. The van der Waals surface area contributed by atoms with Crippen molar-refractivity contribution in [2.45, 2.75) is 19.9 Å². The van der Waals surface area contributed by atoms with Crippen molar-refractivity contribution in [2.24, 2.45) is 5.73 Å². The fourth-order valence-corrected chi connectivity index (χ4v) is 2.46. The summed E-state index contributed by atoms with van der Waals surface area (Å²) in [4.78, 5) is 5.60. The van der Waals surface area contributed by atoms with Gasteiger partial charge in [0, 0.05) is 34.6 Å². The van der Waals surface area contributed by atoms with Crippen LogP contribution >= 0.6 is 11.3 Å². The molecule has 0 saturated carbocycles. The van der Waals surface area contributed by atoms with E-state index in [1.807, 2.05) is 12.4 Å². The van der Waals surface area contributed by atoms with Gasteiger partial charge in [0.2, 0.25) is 0 Å². The summed E-state index contributed by atoms with van der Waals surface area (Å²) >= 11 is 1.73. The number of nitrogens with two attached hydrogens (primary N) is 1. The first-order valence-electron chi connectivity index (χ1n) is 5.60. The van der Waals surface area contributed by atoms with E-state index < -0.39 is 0 Å². The van der Waals surface area contributed by atoms with Crippen LogP contribution in [0.15, 0.2) is 23.8 Å². The van der Waals surface area contributed by atoms with Gasteiger partial charge in [0.1, 0.15) is 5.82 Å². The molecular weight excluding hydrogens is 230 g/mol. The Bertz CT molecular complexity index is 542. The third-order valence-electron chi connectivity index (χ3n) is 2.43. The Morgan fingerprint density at radius 3 is 3.18 bits per heavy atom. The predicted molar refractivity (Wildman–Crippen MR) is 71.0 cm³/mol. The van der Waals surface area contributed by atoms with E-state index >= 15 is 0 Å². The van der Waals surface area contributed by atoms with Crippen LogP contribution < -0.4 is 5.73 Å². The highest BCUT2D eigenvalue weighted by Gasteiger charge is 2.03. The van der Waals surface area contributed by atoms with Gasteiger partial charge in [0.15, 0.2) is 0 Å². The third-order valence-corrected chi connectivity index (χ3v) is 3.35. The maximum atomic E-state index is 5.35. The van der Waals surface area contributed by atoms with Gasteiger partial charge in [-0.15, -0.1) is 11.3 Å². The van der Waals surface area contributed by atoms with Crippen LogP contribution in [0.1, 0.15) is 23.2 Å². The summed E-state index contributed by atoms with van der Waals surface area (Å²) in [7, 11) is 0. The van der Waals surface area contributed by atoms with Crippen LogP contribution in [0.5, 0.6) is 0 Å². The predicted octanol–water partition coefficient (Wildman–Crippen LogP) is 1.87. The number of rotatable bonds is 3. The van der Waals surface area contributed by atoms with Gasteiger partial charge in [-0.05, 0) is 6.07 Å². The molecule has 0 spiro atoms. The molecule has 2 rings (SSSR count). The van der Waals surface area contributed by atoms with Gasteiger partial charge in [0.05, 0.1) is 13.1 Å². The van der Waals surface area contributed by atoms with E-state index in [1.54, 1.807) is 11.3 Å². The SMILES string of the molecule is CCc1nccn1Cc1cc(C#CCN)cs1. The fourth-order valence-electron chi connectivity index (χ4n) is 1.65. The van der Waals surface area contributed by atoms with Crippen molar-refractivity contribution >= 4 is 11.3 Å². The molecular formula is C13H15N3S. The first kappa shape index (κ1) is 11.9. The number of thiophene rings is 1. The zero-order chi connectivity index (χ0) is 12.1. The molecule has 0 fully saturated rings. The Hall–Kier alpha value is -1.57. The van der Waals surface area contributed by atoms with Gasteiger partial charge in [-0.2, -0.15) is 0 Å². The summed E-state index contributed by atoms with van der Waals surface area (Å²) in [5.74, 6) is 7.03. The van der Waals surface area contributed by atoms with E-state index in [-0.39, 0.29) is 0 Å². The van der Waals surface area contributed by atoms with Gasteiger partial charge < -0.3 is 10.3 Å². The van der Waals surface area contributed by atoms with E-state index in [1.165, 1.54) is 4.88 Å². The van der Waals surface area contributed by atoms with E-state index in [9.17, 15) is 0 Å². The summed E-state index contributed by atoms with van der Waals surface area (Å²) < 4.78 is 2.17. The van der Waals surface area contributed by atoms with Gasteiger partial charge in [-0.1, -0.05) is 18.8 Å². The van der Waals surface area contributed by atoms with E-state index in [0.717, 1.165) is 24.4 Å². The molecule has 0 aliphatic rings. The lowest BCUT2D eigenvalue weighted by Gasteiger charge is -2.03. The van der Waals surface area contributed by atoms with E-state index in [2.05, 4.69) is 39.8 Å². The molecule has 0 atom stereocenters. The minimum absolute atomic E-state index is 0.409. The Morgan fingerprint density at radius 2 is 2.41 bits per heavy atom. The normalized spacial score (nSPS) is 10.0. The van der Waals surface area contributed by atoms with Crippen LogP contribution in [0.4, 0.5) is 0 Å². The molecule has 0 aromatic carbocycles. The molecule has 0 aliphatic heterocycles. The van der Waals surface area contributed by atoms with Gasteiger partial charge in [-0.25, -0.2) is 4.98 Å². The first-order chi connectivity index (χ1) is 8.33. The van der Waals surface area contributed by atoms with Gasteiger partial charge in [-0.3, -0.25) is 0 Å². The number of hydrogen-bond acceptors (Lipinski definition) is 3. The molecule has 2 aromatic heterocycles. The minimum Gasteiger partial charge on any atom is -0.330 e. The average molecular weight is 245 g/mol. The maximum absolute atomic E-state index is 5.35. The highest BCUT2D eigenvalue weighted by atomic mass is 32.1.